The number of nitrogens with one attached hydrogen (secondary N) is 1. The summed E-state index contributed by atoms with van der Waals surface area (Å²) in [5.74, 6) is 0.767. The monoisotopic (exact) mass is 352 g/mol. The van der Waals surface area contributed by atoms with Crippen LogP contribution in [0.4, 0.5) is 4.79 Å². The average Bonchev–Trinajstić information content (AvgIpc) is 2.49. The molecule has 0 aromatic carbocycles. The molecule has 0 spiro atoms. The first-order valence-corrected chi connectivity index (χ1v) is 9.30. The van der Waals surface area contributed by atoms with Crippen molar-refractivity contribution in [3.05, 3.63) is 0 Å². The molecule has 4 aliphatic rings. The maximum Gasteiger partial charge on any atom is 0.407 e. The fourth-order valence-corrected chi connectivity index (χ4v) is 5.68. The van der Waals surface area contributed by atoms with Crippen molar-refractivity contribution < 1.29 is 24.2 Å². The quantitative estimate of drug-likeness (QED) is 0.617. The van der Waals surface area contributed by atoms with E-state index in [1.165, 1.54) is 38.5 Å². The Morgan fingerprint density at radius 2 is 1.68 bits per heavy atom. The molecule has 2 amide bonds. The first-order chi connectivity index (χ1) is 11.8. The SMILES string of the molecule is NC(=O)CC[C@H](NC(=O)OCCC12CC3CC(CC(C3)C1)C2)C(=O)O. The molecule has 4 N–H and O–H groups in total. The highest BCUT2D eigenvalue weighted by molar-refractivity contribution is 5.81. The molecule has 4 bridgehead atoms. The summed E-state index contributed by atoms with van der Waals surface area (Å²) >= 11 is 0. The predicted molar refractivity (Wildman–Crippen MR) is 89.6 cm³/mol. The van der Waals surface area contributed by atoms with Crippen LogP contribution < -0.4 is 11.1 Å². The van der Waals surface area contributed by atoms with Gasteiger partial charge in [0.15, 0.2) is 0 Å². The van der Waals surface area contributed by atoms with Gasteiger partial charge in [0.05, 0.1) is 6.61 Å². The Morgan fingerprint density at radius 3 is 2.16 bits per heavy atom. The Kier molecular flexibility index (Phi) is 5.20. The third-order valence-electron chi connectivity index (χ3n) is 6.30. The standard InChI is InChI=1S/C18H28N2O5/c19-15(21)2-1-14(16(22)23)20-17(24)25-4-3-18-8-11-5-12(9-18)7-13(6-11)10-18/h11-14H,1-10H2,(H2,19,21)(H,20,24)(H,22,23)/t11?,12?,13?,14-,18?/m0/s1. The summed E-state index contributed by atoms with van der Waals surface area (Å²) in [5.41, 5.74) is 5.35. The summed E-state index contributed by atoms with van der Waals surface area (Å²) in [6, 6.07) is -1.15. The van der Waals surface area contributed by atoms with Gasteiger partial charge in [-0.1, -0.05) is 0 Å². The van der Waals surface area contributed by atoms with Crippen molar-refractivity contribution in [3.8, 4) is 0 Å². The maximum absolute atomic E-state index is 11.9. The van der Waals surface area contributed by atoms with E-state index in [4.69, 9.17) is 15.6 Å². The molecule has 0 heterocycles. The zero-order chi connectivity index (χ0) is 18.0. The largest absolute Gasteiger partial charge is 0.480 e. The predicted octanol–water partition coefficient (Wildman–Crippen LogP) is 2.04. The van der Waals surface area contributed by atoms with Gasteiger partial charge in [-0.05, 0) is 74.5 Å². The van der Waals surface area contributed by atoms with Crippen molar-refractivity contribution in [1.82, 2.24) is 5.32 Å². The molecule has 4 saturated carbocycles. The van der Waals surface area contributed by atoms with Crippen molar-refractivity contribution >= 4 is 18.0 Å². The third kappa shape index (κ3) is 4.44. The Labute approximate surface area is 147 Å². The van der Waals surface area contributed by atoms with Gasteiger partial charge in [0.2, 0.25) is 5.91 Å². The molecular formula is C18H28N2O5. The number of carbonyl (C=O) groups is 3. The average molecular weight is 352 g/mol. The molecule has 0 aliphatic heterocycles. The number of carbonyl (C=O) groups excluding carboxylic acids is 2. The zero-order valence-corrected chi connectivity index (χ0v) is 14.5. The van der Waals surface area contributed by atoms with Gasteiger partial charge in [0.1, 0.15) is 6.04 Å². The Bertz CT molecular complexity index is 512. The van der Waals surface area contributed by atoms with Crippen molar-refractivity contribution in [3.63, 3.8) is 0 Å². The normalized spacial score (nSPS) is 33.7. The molecule has 0 saturated heterocycles. The summed E-state index contributed by atoms with van der Waals surface area (Å²) in [6.45, 7) is 0.320. The minimum atomic E-state index is -1.20. The lowest BCUT2D eigenvalue weighted by Crippen LogP contribution is -2.47. The lowest BCUT2D eigenvalue weighted by Gasteiger charge is -2.57. The van der Waals surface area contributed by atoms with E-state index < -0.39 is 24.0 Å². The zero-order valence-electron chi connectivity index (χ0n) is 14.5. The van der Waals surface area contributed by atoms with E-state index >= 15 is 0 Å². The fourth-order valence-electron chi connectivity index (χ4n) is 5.68. The smallest absolute Gasteiger partial charge is 0.407 e. The number of carboxylic acids is 1. The van der Waals surface area contributed by atoms with E-state index in [1.807, 2.05) is 0 Å². The number of amides is 2. The first-order valence-electron chi connectivity index (χ1n) is 9.30. The summed E-state index contributed by atoms with van der Waals surface area (Å²) in [5, 5.41) is 11.4. The van der Waals surface area contributed by atoms with Crippen LogP contribution >= 0.6 is 0 Å². The van der Waals surface area contributed by atoms with E-state index in [1.54, 1.807) is 0 Å². The number of hydrogen-bond donors (Lipinski definition) is 3. The number of aliphatic carboxylic acids is 1. The molecule has 4 fully saturated rings. The number of ether oxygens (including phenoxy) is 1. The summed E-state index contributed by atoms with van der Waals surface area (Å²) in [6.07, 6.45) is 7.88. The van der Waals surface area contributed by atoms with E-state index in [2.05, 4.69) is 5.32 Å². The fraction of sp³-hybridized carbons (Fsp3) is 0.833. The van der Waals surface area contributed by atoms with Crippen LogP contribution in [0.2, 0.25) is 0 Å². The first kappa shape index (κ1) is 18.0. The van der Waals surface area contributed by atoms with Gasteiger partial charge in [-0.25, -0.2) is 9.59 Å². The number of primary amides is 1. The minimum absolute atomic E-state index is 0.0330. The van der Waals surface area contributed by atoms with Crippen LogP contribution in [-0.4, -0.2) is 35.7 Å². The van der Waals surface area contributed by atoms with Crippen molar-refractivity contribution in [2.24, 2.45) is 28.9 Å². The Morgan fingerprint density at radius 1 is 1.12 bits per heavy atom. The van der Waals surface area contributed by atoms with Crippen LogP contribution in [0, 0.1) is 23.2 Å². The number of hydrogen-bond acceptors (Lipinski definition) is 4. The van der Waals surface area contributed by atoms with Crippen LogP contribution in [0.5, 0.6) is 0 Å². The summed E-state index contributed by atoms with van der Waals surface area (Å²) in [4.78, 5) is 33.8. The number of alkyl carbamates (subject to hydrolysis) is 1. The number of rotatable bonds is 8. The van der Waals surface area contributed by atoms with Gasteiger partial charge in [0, 0.05) is 6.42 Å². The van der Waals surface area contributed by atoms with Gasteiger partial charge in [-0.2, -0.15) is 0 Å². The van der Waals surface area contributed by atoms with Crippen LogP contribution in [0.15, 0.2) is 0 Å². The van der Waals surface area contributed by atoms with E-state index in [-0.39, 0.29) is 12.8 Å². The molecule has 4 aliphatic carbocycles. The van der Waals surface area contributed by atoms with E-state index in [0.29, 0.717) is 12.0 Å². The lowest BCUT2D eigenvalue weighted by atomic mass is 9.49. The minimum Gasteiger partial charge on any atom is -0.480 e. The van der Waals surface area contributed by atoms with Crippen LogP contribution in [0.3, 0.4) is 0 Å². The maximum atomic E-state index is 11.9. The molecule has 7 heteroatoms. The molecule has 1 atom stereocenters. The van der Waals surface area contributed by atoms with Crippen molar-refractivity contribution in [1.29, 1.82) is 0 Å². The van der Waals surface area contributed by atoms with Gasteiger partial charge in [-0.15, -0.1) is 0 Å². The lowest BCUT2D eigenvalue weighted by molar-refractivity contribution is -0.139. The van der Waals surface area contributed by atoms with Gasteiger partial charge < -0.3 is 20.9 Å². The van der Waals surface area contributed by atoms with Crippen LogP contribution in [-0.2, 0) is 14.3 Å². The second-order valence-electron chi connectivity index (χ2n) is 8.34. The molecule has 4 rings (SSSR count). The molecule has 7 nitrogen and oxygen atoms in total. The van der Waals surface area contributed by atoms with Crippen molar-refractivity contribution in [2.75, 3.05) is 6.61 Å². The Hall–Kier alpha value is -1.79. The van der Waals surface area contributed by atoms with Crippen molar-refractivity contribution in [2.45, 2.75) is 63.8 Å². The number of nitrogens with two attached hydrogens (primary N) is 1. The highest BCUT2D eigenvalue weighted by atomic mass is 16.5. The molecule has 0 radical (unpaired) electrons. The van der Waals surface area contributed by atoms with Gasteiger partial charge in [0.25, 0.3) is 0 Å². The topological polar surface area (TPSA) is 119 Å². The van der Waals surface area contributed by atoms with E-state index in [9.17, 15) is 14.4 Å². The molecule has 25 heavy (non-hydrogen) atoms. The molecular weight excluding hydrogens is 324 g/mol. The van der Waals surface area contributed by atoms with Crippen LogP contribution in [0.1, 0.15) is 57.8 Å². The van der Waals surface area contributed by atoms with Gasteiger partial charge in [-0.3, -0.25) is 4.79 Å². The third-order valence-corrected chi connectivity index (χ3v) is 6.30. The summed E-state index contributed by atoms with van der Waals surface area (Å²) < 4.78 is 5.24. The second kappa shape index (κ2) is 7.22. The Balaban J connectivity index is 1.43. The molecule has 0 unspecified atom stereocenters. The highest BCUT2D eigenvalue weighted by Gasteiger charge is 2.50. The highest BCUT2D eigenvalue weighted by Crippen LogP contribution is 2.61. The second-order valence-corrected chi connectivity index (χ2v) is 8.34. The summed E-state index contributed by atoms with van der Waals surface area (Å²) in [7, 11) is 0. The molecule has 0 aromatic heterocycles. The van der Waals surface area contributed by atoms with Gasteiger partial charge >= 0.3 is 12.1 Å². The molecule has 0 aromatic rings. The molecule has 140 valence electrons. The van der Waals surface area contributed by atoms with Crippen LogP contribution in [0.25, 0.3) is 0 Å². The van der Waals surface area contributed by atoms with E-state index in [0.717, 1.165) is 24.2 Å². The number of carboxylic acid groups (broad SMARTS) is 1.